The SMILES string of the molecule is O=C1CCC[C@H](N2Cc3c(OCc4ccc(CN5CCOCC5)cc4)cc(F)cc3C2=O)C(=O)C1. The highest BCUT2D eigenvalue weighted by Gasteiger charge is 2.39. The molecule has 2 aromatic rings. The fourth-order valence-electron chi connectivity index (χ4n) is 5.05. The van der Waals surface area contributed by atoms with Crippen molar-refractivity contribution in [2.24, 2.45) is 0 Å². The Balaban J connectivity index is 1.27. The summed E-state index contributed by atoms with van der Waals surface area (Å²) in [4.78, 5) is 41.3. The van der Waals surface area contributed by atoms with E-state index in [-0.39, 0.29) is 42.6 Å². The molecule has 35 heavy (non-hydrogen) atoms. The molecule has 7 nitrogen and oxygen atoms in total. The zero-order valence-corrected chi connectivity index (χ0v) is 19.6. The van der Waals surface area contributed by atoms with E-state index >= 15 is 0 Å². The first kappa shape index (κ1) is 23.6. The summed E-state index contributed by atoms with van der Waals surface area (Å²) in [6, 6.07) is 9.96. The maximum Gasteiger partial charge on any atom is 0.255 e. The van der Waals surface area contributed by atoms with E-state index in [1.807, 2.05) is 12.1 Å². The third kappa shape index (κ3) is 5.28. The van der Waals surface area contributed by atoms with Crippen LogP contribution in [0, 0.1) is 5.82 Å². The highest BCUT2D eigenvalue weighted by molar-refractivity contribution is 6.06. The Kier molecular flexibility index (Phi) is 6.92. The normalized spacial score (nSPS) is 21.2. The van der Waals surface area contributed by atoms with Crippen LogP contribution in [0.2, 0.25) is 0 Å². The molecule has 1 saturated heterocycles. The molecule has 1 saturated carbocycles. The summed E-state index contributed by atoms with van der Waals surface area (Å²) in [6.45, 7) is 4.65. The molecule has 0 unspecified atom stereocenters. The molecule has 2 heterocycles. The van der Waals surface area contributed by atoms with Gasteiger partial charge in [-0.3, -0.25) is 19.3 Å². The van der Waals surface area contributed by atoms with E-state index in [1.54, 1.807) is 0 Å². The van der Waals surface area contributed by atoms with Gasteiger partial charge in [-0.05, 0) is 30.0 Å². The van der Waals surface area contributed by atoms with Gasteiger partial charge in [0.1, 0.15) is 24.0 Å². The van der Waals surface area contributed by atoms with E-state index in [4.69, 9.17) is 9.47 Å². The molecule has 0 bridgehead atoms. The number of amides is 1. The van der Waals surface area contributed by atoms with Crippen molar-refractivity contribution in [3.8, 4) is 5.75 Å². The van der Waals surface area contributed by atoms with E-state index in [9.17, 15) is 18.8 Å². The van der Waals surface area contributed by atoms with E-state index in [0.717, 1.165) is 38.4 Å². The molecule has 3 aliphatic rings. The highest BCUT2D eigenvalue weighted by Crippen LogP contribution is 2.35. The van der Waals surface area contributed by atoms with Crippen LogP contribution in [0.25, 0.3) is 0 Å². The molecule has 1 amide bonds. The Bertz CT molecular complexity index is 1130. The zero-order chi connectivity index (χ0) is 24.4. The fourth-order valence-corrected chi connectivity index (χ4v) is 5.05. The molecule has 2 fully saturated rings. The Morgan fingerprint density at radius 1 is 1.03 bits per heavy atom. The van der Waals surface area contributed by atoms with Crippen molar-refractivity contribution in [3.63, 3.8) is 0 Å². The Hall–Kier alpha value is -3.10. The maximum atomic E-state index is 14.4. The standard InChI is InChI=1S/C27H29FN2O5/c28-20-12-22-23(16-30(27(22)33)24-3-1-2-21(31)14-25(24)32)26(13-20)35-17-19-6-4-18(5-7-19)15-29-8-10-34-11-9-29/h4-7,12-13,24H,1-3,8-11,14-17H2/t24-/m0/s1. The van der Waals surface area contributed by atoms with Crippen LogP contribution in [0.3, 0.4) is 0 Å². The third-order valence-electron chi connectivity index (χ3n) is 6.97. The van der Waals surface area contributed by atoms with Gasteiger partial charge in [-0.25, -0.2) is 4.39 Å². The van der Waals surface area contributed by atoms with Gasteiger partial charge in [0, 0.05) is 37.7 Å². The molecule has 2 aliphatic heterocycles. The van der Waals surface area contributed by atoms with E-state index < -0.39 is 11.9 Å². The summed E-state index contributed by atoms with van der Waals surface area (Å²) in [7, 11) is 0. The van der Waals surface area contributed by atoms with E-state index in [1.165, 1.54) is 22.6 Å². The average Bonchev–Trinajstić information content (AvgIpc) is 3.07. The number of Topliss-reactive ketones (excluding diaryl/α,β-unsaturated/α-hetero) is 2. The molecular formula is C27H29FN2O5. The van der Waals surface area contributed by atoms with Crippen molar-refractivity contribution in [2.75, 3.05) is 26.3 Å². The van der Waals surface area contributed by atoms with Crippen molar-refractivity contribution >= 4 is 17.5 Å². The molecule has 0 aromatic heterocycles. The number of rotatable bonds is 6. The second-order valence-electron chi connectivity index (χ2n) is 9.45. The minimum atomic E-state index is -0.656. The molecule has 0 spiro atoms. The van der Waals surface area contributed by atoms with Gasteiger partial charge in [0.2, 0.25) is 0 Å². The van der Waals surface area contributed by atoms with Crippen molar-refractivity contribution in [2.45, 2.75) is 51.4 Å². The lowest BCUT2D eigenvalue weighted by Gasteiger charge is -2.26. The number of halogens is 1. The zero-order valence-electron chi connectivity index (χ0n) is 19.6. The number of benzene rings is 2. The van der Waals surface area contributed by atoms with Gasteiger partial charge >= 0.3 is 0 Å². The molecular weight excluding hydrogens is 451 g/mol. The van der Waals surface area contributed by atoms with E-state index in [2.05, 4.69) is 17.0 Å². The second-order valence-corrected chi connectivity index (χ2v) is 9.45. The summed E-state index contributed by atoms with van der Waals surface area (Å²) in [5, 5.41) is 0. The Morgan fingerprint density at radius 3 is 2.54 bits per heavy atom. The largest absolute Gasteiger partial charge is 0.488 e. The number of hydrogen-bond acceptors (Lipinski definition) is 6. The fraction of sp³-hybridized carbons (Fsp3) is 0.444. The number of carbonyl (C=O) groups is 3. The van der Waals surface area contributed by atoms with E-state index in [0.29, 0.717) is 30.6 Å². The molecule has 2 aromatic carbocycles. The summed E-state index contributed by atoms with van der Waals surface area (Å²) in [6.07, 6.45) is 1.21. The maximum absolute atomic E-state index is 14.4. The van der Waals surface area contributed by atoms with Crippen molar-refractivity contribution in [3.05, 3.63) is 64.5 Å². The van der Waals surface area contributed by atoms with Crippen LogP contribution in [0.4, 0.5) is 4.39 Å². The summed E-state index contributed by atoms with van der Waals surface area (Å²) in [5.74, 6) is -0.964. The van der Waals surface area contributed by atoms with Crippen molar-refractivity contribution < 1.29 is 28.2 Å². The van der Waals surface area contributed by atoms with Crippen LogP contribution in [-0.4, -0.2) is 59.6 Å². The van der Waals surface area contributed by atoms with Crippen LogP contribution in [0.1, 0.15) is 52.7 Å². The van der Waals surface area contributed by atoms with Crippen LogP contribution in [-0.2, 0) is 34.0 Å². The Labute approximate surface area is 203 Å². The van der Waals surface area contributed by atoms with Gasteiger partial charge in [0.05, 0.1) is 37.8 Å². The lowest BCUT2D eigenvalue weighted by molar-refractivity contribution is -0.128. The quantitative estimate of drug-likeness (QED) is 0.467. The van der Waals surface area contributed by atoms with Crippen molar-refractivity contribution in [1.82, 2.24) is 9.80 Å². The first-order valence-corrected chi connectivity index (χ1v) is 12.2. The minimum Gasteiger partial charge on any atom is -0.488 e. The van der Waals surface area contributed by atoms with Crippen LogP contribution < -0.4 is 4.74 Å². The van der Waals surface area contributed by atoms with Gasteiger partial charge in [-0.1, -0.05) is 24.3 Å². The van der Waals surface area contributed by atoms with Gasteiger partial charge in [-0.2, -0.15) is 0 Å². The number of fused-ring (bicyclic) bond motifs is 1. The first-order chi connectivity index (χ1) is 17.0. The third-order valence-corrected chi connectivity index (χ3v) is 6.97. The monoisotopic (exact) mass is 480 g/mol. The molecule has 8 heteroatoms. The topological polar surface area (TPSA) is 76.2 Å². The number of ether oxygens (including phenoxy) is 2. The van der Waals surface area contributed by atoms with Crippen LogP contribution in [0.15, 0.2) is 36.4 Å². The number of morpholine rings is 1. The van der Waals surface area contributed by atoms with Gasteiger partial charge in [0.25, 0.3) is 5.91 Å². The first-order valence-electron chi connectivity index (χ1n) is 12.2. The molecule has 5 rings (SSSR count). The minimum absolute atomic E-state index is 0.0901. The molecule has 1 atom stereocenters. The average molecular weight is 481 g/mol. The van der Waals surface area contributed by atoms with Crippen LogP contribution in [0.5, 0.6) is 5.75 Å². The number of hydrogen-bond donors (Lipinski definition) is 0. The molecule has 0 radical (unpaired) electrons. The van der Waals surface area contributed by atoms with Crippen molar-refractivity contribution in [1.29, 1.82) is 0 Å². The summed E-state index contributed by atoms with van der Waals surface area (Å²) >= 11 is 0. The predicted octanol–water partition coefficient (Wildman–Crippen LogP) is 3.27. The molecule has 184 valence electrons. The Morgan fingerprint density at radius 2 is 1.77 bits per heavy atom. The highest BCUT2D eigenvalue weighted by atomic mass is 19.1. The number of carbonyl (C=O) groups excluding carboxylic acids is 3. The van der Waals surface area contributed by atoms with Crippen LogP contribution >= 0.6 is 0 Å². The van der Waals surface area contributed by atoms with Gasteiger partial charge < -0.3 is 14.4 Å². The lowest BCUT2D eigenvalue weighted by Crippen LogP contribution is -2.41. The molecule has 0 N–H and O–H groups in total. The number of nitrogens with zero attached hydrogens (tertiary/aromatic N) is 2. The molecule has 1 aliphatic carbocycles. The second kappa shape index (κ2) is 10.3. The number of ketones is 2. The smallest absolute Gasteiger partial charge is 0.255 e. The van der Waals surface area contributed by atoms with Gasteiger partial charge in [0.15, 0.2) is 5.78 Å². The predicted molar refractivity (Wildman–Crippen MR) is 125 cm³/mol. The lowest BCUT2D eigenvalue weighted by atomic mass is 10.1. The summed E-state index contributed by atoms with van der Waals surface area (Å²) < 4.78 is 25.8. The summed E-state index contributed by atoms with van der Waals surface area (Å²) in [5.41, 5.74) is 2.95. The van der Waals surface area contributed by atoms with Gasteiger partial charge in [-0.15, -0.1) is 0 Å².